The van der Waals surface area contributed by atoms with Crippen LogP contribution in [-0.4, -0.2) is 13.2 Å². The molecule has 0 spiro atoms. The summed E-state index contributed by atoms with van der Waals surface area (Å²) in [5.74, 6) is 0. The zero-order valence-corrected chi connectivity index (χ0v) is 4.92. The Hall–Kier alpha value is -0.810. The molecule has 0 saturated heterocycles. The molecular weight excluding hydrogens is 102 g/mol. The van der Waals surface area contributed by atoms with Crippen molar-refractivity contribution >= 4 is 0 Å². The first-order valence-electron chi connectivity index (χ1n) is 2.37. The summed E-state index contributed by atoms with van der Waals surface area (Å²) in [5, 5.41) is 8.12. The SMILES string of the molecule is C=CC(CC#N)OC. The Kier molecular flexibility index (Phi) is 3.91. The van der Waals surface area contributed by atoms with Gasteiger partial charge in [-0.1, -0.05) is 6.08 Å². The molecule has 0 fully saturated rings. The summed E-state index contributed by atoms with van der Waals surface area (Å²) in [4.78, 5) is 0. The highest BCUT2D eigenvalue weighted by atomic mass is 16.5. The van der Waals surface area contributed by atoms with E-state index < -0.39 is 0 Å². The molecule has 8 heavy (non-hydrogen) atoms. The third kappa shape index (κ3) is 2.38. The molecule has 2 heteroatoms. The molecule has 0 aromatic rings. The second-order valence-corrected chi connectivity index (χ2v) is 1.37. The van der Waals surface area contributed by atoms with Crippen molar-refractivity contribution in [1.82, 2.24) is 0 Å². The minimum atomic E-state index is -0.0972. The highest BCUT2D eigenvalue weighted by molar-refractivity contribution is 4.87. The van der Waals surface area contributed by atoms with Crippen LogP contribution in [0.3, 0.4) is 0 Å². The van der Waals surface area contributed by atoms with Gasteiger partial charge in [-0.15, -0.1) is 6.58 Å². The molecule has 1 atom stereocenters. The summed E-state index contributed by atoms with van der Waals surface area (Å²) >= 11 is 0. The predicted molar refractivity (Wildman–Crippen MR) is 31.2 cm³/mol. The van der Waals surface area contributed by atoms with Gasteiger partial charge in [0.05, 0.1) is 18.6 Å². The van der Waals surface area contributed by atoms with Crippen molar-refractivity contribution in [3.63, 3.8) is 0 Å². The lowest BCUT2D eigenvalue weighted by Gasteiger charge is -2.01. The molecule has 0 aliphatic carbocycles. The van der Waals surface area contributed by atoms with Crippen LogP contribution in [0.5, 0.6) is 0 Å². The highest BCUT2D eigenvalue weighted by Crippen LogP contribution is 1.94. The van der Waals surface area contributed by atoms with Gasteiger partial charge in [-0.3, -0.25) is 0 Å². The molecule has 0 rings (SSSR count). The molecule has 44 valence electrons. The average Bonchev–Trinajstić information content (AvgIpc) is 1.83. The molecule has 1 unspecified atom stereocenters. The minimum absolute atomic E-state index is 0.0972. The van der Waals surface area contributed by atoms with Gasteiger partial charge in [0.15, 0.2) is 0 Å². The van der Waals surface area contributed by atoms with Crippen LogP contribution in [0.15, 0.2) is 12.7 Å². The lowest BCUT2D eigenvalue weighted by atomic mass is 10.3. The summed E-state index contributed by atoms with van der Waals surface area (Å²) in [6, 6.07) is 1.97. The molecule has 0 aliphatic rings. The molecule has 0 N–H and O–H groups in total. The fourth-order valence-electron chi connectivity index (χ4n) is 0.353. The van der Waals surface area contributed by atoms with Crippen LogP contribution in [0, 0.1) is 11.3 Å². The van der Waals surface area contributed by atoms with Crippen molar-refractivity contribution in [2.24, 2.45) is 0 Å². The van der Waals surface area contributed by atoms with E-state index in [9.17, 15) is 0 Å². The van der Waals surface area contributed by atoms with Gasteiger partial charge in [-0.25, -0.2) is 0 Å². The van der Waals surface area contributed by atoms with Gasteiger partial charge in [-0.05, 0) is 0 Å². The maximum absolute atomic E-state index is 8.12. The number of ether oxygens (including phenoxy) is 1. The first-order valence-corrected chi connectivity index (χ1v) is 2.37. The Morgan fingerprint density at radius 2 is 2.62 bits per heavy atom. The average molecular weight is 111 g/mol. The first kappa shape index (κ1) is 7.19. The van der Waals surface area contributed by atoms with Crippen molar-refractivity contribution in [2.75, 3.05) is 7.11 Å². The number of nitriles is 1. The third-order valence-corrected chi connectivity index (χ3v) is 0.858. The van der Waals surface area contributed by atoms with E-state index >= 15 is 0 Å². The maximum atomic E-state index is 8.12. The number of hydrogen-bond donors (Lipinski definition) is 0. The Morgan fingerprint density at radius 3 is 2.75 bits per heavy atom. The van der Waals surface area contributed by atoms with Gasteiger partial charge in [0.25, 0.3) is 0 Å². The van der Waals surface area contributed by atoms with E-state index in [4.69, 9.17) is 10.00 Å². The molecule has 0 aromatic carbocycles. The summed E-state index contributed by atoms with van der Waals surface area (Å²) in [5.41, 5.74) is 0. The molecule has 0 aromatic heterocycles. The fraction of sp³-hybridized carbons (Fsp3) is 0.500. The monoisotopic (exact) mass is 111 g/mol. The Labute approximate surface area is 49.4 Å². The van der Waals surface area contributed by atoms with Crippen LogP contribution in [0.25, 0.3) is 0 Å². The van der Waals surface area contributed by atoms with Crippen molar-refractivity contribution < 1.29 is 4.74 Å². The Morgan fingerprint density at radius 1 is 2.00 bits per heavy atom. The van der Waals surface area contributed by atoms with E-state index in [0.29, 0.717) is 6.42 Å². The van der Waals surface area contributed by atoms with Gasteiger partial charge in [0.1, 0.15) is 0 Å². The standard InChI is InChI=1S/C6H9NO/c1-3-6(8-2)4-5-7/h3,6H,1,4H2,2H3. The van der Waals surface area contributed by atoms with Gasteiger partial charge in [-0.2, -0.15) is 5.26 Å². The molecule has 0 bridgehead atoms. The summed E-state index contributed by atoms with van der Waals surface area (Å²) in [6.45, 7) is 3.47. The largest absolute Gasteiger partial charge is 0.376 e. The van der Waals surface area contributed by atoms with Crippen LogP contribution in [0.2, 0.25) is 0 Å². The predicted octanol–water partition coefficient (Wildman–Crippen LogP) is 1.10. The van der Waals surface area contributed by atoms with E-state index in [0.717, 1.165) is 0 Å². The van der Waals surface area contributed by atoms with E-state index in [-0.39, 0.29) is 6.10 Å². The quantitative estimate of drug-likeness (QED) is 0.511. The Bertz CT molecular complexity index is 104. The van der Waals surface area contributed by atoms with Crippen molar-refractivity contribution in [1.29, 1.82) is 5.26 Å². The third-order valence-electron chi connectivity index (χ3n) is 0.858. The second-order valence-electron chi connectivity index (χ2n) is 1.37. The summed E-state index contributed by atoms with van der Waals surface area (Å²) in [7, 11) is 1.56. The second kappa shape index (κ2) is 4.35. The molecule has 0 saturated carbocycles. The molecule has 0 radical (unpaired) electrons. The molecule has 2 nitrogen and oxygen atoms in total. The van der Waals surface area contributed by atoms with Crippen molar-refractivity contribution in [3.8, 4) is 6.07 Å². The summed E-state index contributed by atoms with van der Waals surface area (Å²) in [6.07, 6.45) is 1.91. The van der Waals surface area contributed by atoms with Gasteiger partial charge in [0, 0.05) is 7.11 Å². The van der Waals surface area contributed by atoms with Crippen molar-refractivity contribution in [2.45, 2.75) is 12.5 Å². The van der Waals surface area contributed by atoms with E-state index in [1.807, 2.05) is 6.07 Å². The molecule has 0 heterocycles. The lowest BCUT2D eigenvalue weighted by Crippen LogP contribution is -2.03. The van der Waals surface area contributed by atoms with Crippen LogP contribution < -0.4 is 0 Å². The van der Waals surface area contributed by atoms with Crippen LogP contribution >= 0.6 is 0 Å². The zero-order chi connectivity index (χ0) is 6.41. The van der Waals surface area contributed by atoms with Crippen molar-refractivity contribution in [3.05, 3.63) is 12.7 Å². The molecule has 0 amide bonds. The van der Waals surface area contributed by atoms with Gasteiger partial charge in [0.2, 0.25) is 0 Å². The van der Waals surface area contributed by atoms with Crippen LogP contribution in [-0.2, 0) is 4.74 Å². The minimum Gasteiger partial charge on any atom is -0.376 e. The van der Waals surface area contributed by atoms with E-state index in [2.05, 4.69) is 6.58 Å². The highest BCUT2D eigenvalue weighted by Gasteiger charge is 1.96. The molecular formula is C6H9NO. The number of nitrogens with zero attached hydrogens (tertiary/aromatic N) is 1. The summed E-state index contributed by atoms with van der Waals surface area (Å²) < 4.78 is 4.80. The Balaban J connectivity index is 3.40. The van der Waals surface area contributed by atoms with E-state index in [1.54, 1.807) is 13.2 Å². The van der Waals surface area contributed by atoms with Crippen LogP contribution in [0.1, 0.15) is 6.42 Å². The first-order chi connectivity index (χ1) is 3.85. The van der Waals surface area contributed by atoms with Gasteiger partial charge >= 0.3 is 0 Å². The fourth-order valence-corrected chi connectivity index (χ4v) is 0.353. The van der Waals surface area contributed by atoms with Gasteiger partial charge < -0.3 is 4.74 Å². The smallest absolute Gasteiger partial charge is 0.0879 e. The van der Waals surface area contributed by atoms with E-state index in [1.165, 1.54) is 0 Å². The number of methoxy groups -OCH3 is 1. The normalized spacial score (nSPS) is 12.0. The number of hydrogen-bond acceptors (Lipinski definition) is 2. The topological polar surface area (TPSA) is 33.0 Å². The maximum Gasteiger partial charge on any atom is 0.0879 e. The van der Waals surface area contributed by atoms with Crippen LogP contribution in [0.4, 0.5) is 0 Å². The number of rotatable bonds is 3. The molecule has 0 aliphatic heterocycles. The zero-order valence-electron chi connectivity index (χ0n) is 4.92. The lowest BCUT2D eigenvalue weighted by molar-refractivity contribution is 0.145.